The van der Waals surface area contributed by atoms with Crippen molar-refractivity contribution in [2.24, 2.45) is 0 Å². The Morgan fingerprint density at radius 1 is 0.778 bits per heavy atom. The Hall–Kier alpha value is -1.76. The molecular weight excluding hydrogens is 218 g/mol. The van der Waals surface area contributed by atoms with Crippen molar-refractivity contribution >= 4 is 5.69 Å². The Bertz CT molecular complexity index is 568. The van der Waals surface area contributed by atoms with E-state index in [1.165, 1.54) is 33.5 Å². The second-order valence-electron chi connectivity index (χ2n) is 5.35. The quantitative estimate of drug-likeness (QED) is 0.720. The number of benzene rings is 2. The van der Waals surface area contributed by atoms with Crippen molar-refractivity contribution in [2.75, 3.05) is 4.90 Å². The molecule has 1 nitrogen and oxygen atoms in total. The summed E-state index contributed by atoms with van der Waals surface area (Å²) in [5, 5.41) is 0. The van der Waals surface area contributed by atoms with Gasteiger partial charge < -0.3 is 4.90 Å². The fourth-order valence-corrected chi connectivity index (χ4v) is 2.79. The van der Waals surface area contributed by atoms with Gasteiger partial charge in [0.2, 0.25) is 0 Å². The molecule has 0 saturated heterocycles. The van der Waals surface area contributed by atoms with Crippen LogP contribution in [0.1, 0.15) is 27.8 Å². The monoisotopic (exact) mass is 237 g/mol. The zero-order valence-electron chi connectivity index (χ0n) is 11.3. The molecule has 3 rings (SSSR count). The van der Waals surface area contributed by atoms with Crippen LogP contribution in [-0.4, -0.2) is 0 Å². The molecule has 1 aliphatic rings. The van der Waals surface area contributed by atoms with E-state index in [-0.39, 0.29) is 0 Å². The first-order chi connectivity index (χ1) is 8.65. The largest absolute Gasteiger partial charge is 0.363 e. The molecular formula is C17H19N. The van der Waals surface area contributed by atoms with Crippen LogP contribution >= 0.6 is 0 Å². The van der Waals surface area contributed by atoms with Crippen LogP contribution in [0.2, 0.25) is 0 Å². The van der Waals surface area contributed by atoms with Crippen molar-refractivity contribution in [3.63, 3.8) is 0 Å². The predicted molar refractivity (Wildman–Crippen MR) is 77.0 cm³/mol. The minimum Gasteiger partial charge on any atom is -0.363 e. The average Bonchev–Trinajstić information content (AvgIpc) is 2.73. The number of hydrogen-bond donors (Lipinski definition) is 0. The molecule has 0 aromatic heterocycles. The van der Waals surface area contributed by atoms with Crippen LogP contribution in [0, 0.1) is 20.8 Å². The van der Waals surface area contributed by atoms with Crippen LogP contribution < -0.4 is 4.90 Å². The molecule has 2 aromatic rings. The molecule has 0 bridgehead atoms. The Labute approximate surface area is 109 Å². The van der Waals surface area contributed by atoms with E-state index in [0.29, 0.717) is 0 Å². The summed E-state index contributed by atoms with van der Waals surface area (Å²) in [7, 11) is 0. The highest BCUT2D eigenvalue weighted by molar-refractivity contribution is 5.57. The number of hydrogen-bond acceptors (Lipinski definition) is 1. The summed E-state index contributed by atoms with van der Waals surface area (Å²) < 4.78 is 0. The molecule has 0 N–H and O–H groups in total. The maximum Gasteiger partial charge on any atom is 0.0436 e. The van der Waals surface area contributed by atoms with E-state index in [9.17, 15) is 0 Å². The highest BCUT2D eigenvalue weighted by atomic mass is 15.1. The first-order valence-electron chi connectivity index (χ1n) is 6.55. The van der Waals surface area contributed by atoms with E-state index < -0.39 is 0 Å². The van der Waals surface area contributed by atoms with Gasteiger partial charge in [-0.15, -0.1) is 0 Å². The topological polar surface area (TPSA) is 3.24 Å². The highest BCUT2D eigenvalue weighted by Gasteiger charge is 2.20. The van der Waals surface area contributed by atoms with E-state index in [4.69, 9.17) is 0 Å². The summed E-state index contributed by atoms with van der Waals surface area (Å²) in [6, 6.07) is 13.3. The van der Waals surface area contributed by atoms with Crippen LogP contribution in [0.15, 0.2) is 36.4 Å². The van der Waals surface area contributed by atoms with Gasteiger partial charge in [0.15, 0.2) is 0 Å². The van der Waals surface area contributed by atoms with Crippen LogP contribution in [-0.2, 0) is 13.1 Å². The summed E-state index contributed by atoms with van der Waals surface area (Å²) >= 11 is 0. The highest BCUT2D eigenvalue weighted by Crippen LogP contribution is 2.31. The lowest BCUT2D eigenvalue weighted by atomic mass is 10.0. The van der Waals surface area contributed by atoms with Gasteiger partial charge in [0, 0.05) is 18.8 Å². The zero-order valence-corrected chi connectivity index (χ0v) is 11.3. The minimum absolute atomic E-state index is 1.04. The SMILES string of the molecule is Cc1cc2c(cc1C)CN(c1ccccc1C)C2. The van der Waals surface area contributed by atoms with Gasteiger partial charge in [-0.25, -0.2) is 0 Å². The Balaban J connectivity index is 1.96. The van der Waals surface area contributed by atoms with Gasteiger partial charge in [-0.1, -0.05) is 30.3 Å². The van der Waals surface area contributed by atoms with Crippen molar-refractivity contribution in [3.8, 4) is 0 Å². The van der Waals surface area contributed by atoms with Crippen molar-refractivity contribution < 1.29 is 0 Å². The maximum absolute atomic E-state index is 2.47. The van der Waals surface area contributed by atoms with Gasteiger partial charge in [-0.05, 0) is 54.7 Å². The molecule has 0 saturated carbocycles. The molecule has 0 radical (unpaired) electrons. The molecule has 18 heavy (non-hydrogen) atoms. The van der Waals surface area contributed by atoms with Crippen LogP contribution in [0.5, 0.6) is 0 Å². The third kappa shape index (κ3) is 1.80. The lowest BCUT2D eigenvalue weighted by Gasteiger charge is -2.19. The average molecular weight is 237 g/mol. The molecule has 0 unspecified atom stereocenters. The summed E-state index contributed by atoms with van der Waals surface area (Å²) in [5.74, 6) is 0. The summed E-state index contributed by atoms with van der Waals surface area (Å²) in [4.78, 5) is 2.47. The molecule has 1 heterocycles. The summed E-state index contributed by atoms with van der Waals surface area (Å²) in [6.07, 6.45) is 0. The zero-order chi connectivity index (χ0) is 12.7. The van der Waals surface area contributed by atoms with Gasteiger partial charge in [-0.3, -0.25) is 0 Å². The molecule has 0 spiro atoms. The number of para-hydroxylation sites is 1. The number of aryl methyl sites for hydroxylation is 3. The third-order valence-corrected chi connectivity index (χ3v) is 3.99. The van der Waals surface area contributed by atoms with Gasteiger partial charge in [-0.2, -0.15) is 0 Å². The number of fused-ring (bicyclic) bond motifs is 1. The van der Waals surface area contributed by atoms with E-state index in [2.05, 4.69) is 62.1 Å². The molecule has 2 aromatic carbocycles. The molecule has 92 valence electrons. The smallest absolute Gasteiger partial charge is 0.0436 e. The van der Waals surface area contributed by atoms with Gasteiger partial charge in [0.25, 0.3) is 0 Å². The third-order valence-electron chi connectivity index (χ3n) is 3.99. The first-order valence-corrected chi connectivity index (χ1v) is 6.55. The van der Waals surface area contributed by atoms with Crippen molar-refractivity contribution in [2.45, 2.75) is 33.9 Å². The molecule has 0 amide bonds. The lowest BCUT2D eigenvalue weighted by Crippen LogP contribution is -2.15. The first kappa shape index (κ1) is 11.3. The number of rotatable bonds is 1. The fourth-order valence-electron chi connectivity index (χ4n) is 2.79. The fraction of sp³-hybridized carbons (Fsp3) is 0.294. The minimum atomic E-state index is 1.04. The Morgan fingerprint density at radius 2 is 1.33 bits per heavy atom. The van der Waals surface area contributed by atoms with Gasteiger partial charge in [0.05, 0.1) is 0 Å². The van der Waals surface area contributed by atoms with Crippen molar-refractivity contribution in [1.82, 2.24) is 0 Å². The molecule has 0 aliphatic carbocycles. The maximum atomic E-state index is 2.47. The van der Waals surface area contributed by atoms with Crippen molar-refractivity contribution in [1.29, 1.82) is 0 Å². The number of nitrogens with zero attached hydrogens (tertiary/aromatic N) is 1. The lowest BCUT2D eigenvalue weighted by molar-refractivity contribution is 0.875. The second kappa shape index (κ2) is 4.16. The molecule has 1 aliphatic heterocycles. The van der Waals surface area contributed by atoms with Gasteiger partial charge >= 0.3 is 0 Å². The van der Waals surface area contributed by atoms with Crippen LogP contribution in [0.25, 0.3) is 0 Å². The number of anilines is 1. The van der Waals surface area contributed by atoms with Crippen LogP contribution in [0.3, 0.4) is 0 Å². The Kier molecular flexibility index (Phi) is 2.62. The predicted octanol–water partition coefficient (Wildman–Crippen LogP) is 4.13. The van der Waals surface area contributed by atoms with E-state index in [0.717, 1.165) is 13.1 Å². The summed E-state index contributed by atoms with van der Waals surface area (Å²) in [6.45, 7) is 8.68. The molecule has 1 heteroatoms. The molecule has 0 atom stereocenters. The Morgan fingerprint density at radius 3 is 1.89 bits per heavy atom. The van der Waals surface area contributed by atoms with Gasteiger partial charge in [0.1, 0.15) is 0 Å². The van der Waals surface area contributed by atoms with E-state index in [1.807, 2.05) is 0 Å². The summed E-state index contributed by atoms with van der Waals surface area (Å²) in [5.41, 5.74) is 8.51. The standard InChI is InChI=1S/C17H19N/c1-12-6-4-5-7-17(12)18-10-15-8-13(2)14(3)9-16(15)11-18/h4-9H,10-11H2,1-3H3. The molecule has 0 fully saturated rings. The van der Waals surface area contributed by atoms with E-state index in [1.54, 1.807) is 0 Å². The van der Waals surface area contributed by atoms with E-state index >= 15 is 0 Å². The van der Waals surface area contributed by atoms with Crippen molar-refractivity contribution in [3.05, 3.63) is 64.2 Å². The second-order valence-corrected chi connectivity index (χ2v) is 5.35. The normalized spacial score (nSPS) is 13.8. The van der Waals surface area contributed by atoms with Crippen LogP contribution in [0.4, 0.5) is 5.69 Å².